The molecule has 23 heavy (non-hydrogen) atoms. The molecular weight excluding hydrogens is 316 g/mol. The molecule has 0 unspecified atom stereocenters. The molecule has 0 heterocycles. The summed E-state index contributed by atoms with van der Waals surface area (Å²) in [5.74, 6) is 0.241. The second-order valence-electron chi connectivity index (χ2n) is 4.77. The number of ether oxygens (including phenoxy) is 1. The van der Waals surface area contributed by atoms with Gasteiger partial charge in [-0.05, 0) is 48.5 Å². The number of nitrogens with one attached hydrogen (secondary N) is 2. The molecule has 0 spiro atoms. The van der Waals surface area contributed by atoms with Crippen LogP contribution in [0.4, 0.5) is 11.4 Å². The zero-order valence-electron chi connectivity index (χ0n) is 12.6. The summed E-state index contributed by atoms with van der Waals surface area (Å²) < 4.78 is 5.36. The van der Waals surface area contributed by atoms with Gasteiger partial charge in [-0.3, -0.25) is 9.59 Å². The number of hydrogen-bond donors (Lipinski definition) is 2. The molecule has 2 rings (SSSR count). The summed E-state index contributed by atoms with van der Waals surface area (Å²) in [4.78, 5) is 23.1. The van der Waals surface area contributed by atoms with Gasteiger partial charge in [0.1, 0.15) is 5.75 Å². The first-order chi connectivity index (χ1) is 11.1. The van der Waals surface area contributed by atoms with Crippen LogP contribution in [0.2, 0.25) is 5.02 Å². The van der Waals surface area contributed by atoms with Crippen LogP contribution in [0.1, 0.15) is 13.3 Å². The van der Waals surface area contributed by atoms with E-state index in [0.29, 0.717) is 28.6 Å². The van der Waals surface area contributed by atoms with Crippen LogP contribution < -0.4 is 15.4 Å². The number of halogens is 1. The second-order valence-corrected chi connectivity index (χ2v) is 5.21. The van der Waals surface area contributed by atoms with Crippen molar-refractivity contribution in [2.75, 3.05) is 17.2 Å². The standard InChI is InChI=1S/C17H17ClN2O3/c1-2-16(21)19-13-5-7-14(8-6-13)20-17(22)11-23-15-9-3-12(18)4-10-15/h3-10H,2,11H2,1H3,(H,19,21)(H,20,22). The van der Waals surface area contributed by atoms with Gasteiger partial charge in [0, 0.05) is 22.8 Å². The van der Waals surface area contributed by atoms with Crippen LogP contribution in [-0.2, 0) is 9.59 Å². The van der Waals surface area contributed by atoms with Gasteiger partial charge in [-0.25, -0.2) is 0 Å². The van der Waals surface area contributed by atoms with Crippen LogP contribution in [-0.4, -0.2) is 18.4 Å². The molecule has 0 fully saturated rings. The summed E-state index contributed by atoms with van der Waals surface area (Å²) in [5.41, 5.74) is 1.32. The zero-order valence-corrected chi connectivity index (χ0v) is 13.4. The quantitative estimate of drug-likeness (QED) is 0.847. The highest BCUT2D eigenvalue weighted by atomic mass is 35.5. The summed E-state index contributed by atoms with van der Waals surface area (Å²) in [6.45, 7) is 1.68. The normalized spacial score (nSPS) is 10.0. The lowest BCUT2D eigenvalue weighted by Gasteiger charge is -2.09. The van der Waals surface area contributed by atoms with Gasteiger partial charge in [-0.15, -0.1) is 0 Å². The van der Waals surface area contributed by atoms with Crippen LogP contribution >= 0.6 is 11.6 Å². The monoisotopic (exact) mass is 332 g/mol. The summed E-state index contributed by atoms with van der Waals surface area (Å²) in [6, 6.07) is 13.7. The van der Waals surface area contributed by atoms with Gasteiger partial charge >= 0.3 is 0 Å². The van der Waals surface area contributed by atoms with Crippen LogP contribution in [0.3, 0.4) is 0 Å². The Morgan fingerprint density at radius 1 is 0.913 bits per heavy atom. The van der Waals surface area contributed by atoms with Crippen molar-refractivity contribution in [1.82, 2.24) is 0 Å². The number of carbonyl (C=O) groups excluding carboxylic acids is 2. The van der Waals surface area contributed by atoms with E-state index in [9.17, 15) is 9.59 Å². The van der Waals surface area contributed by atoms with Crippen molar-refractivity contribution < 1.29 is 14.3 Å². The van der Waals surface area contributed by atoms with Gasteiger partial charge < -0.3 is 15.4 Å². The van der Waals surface area contributed by atoms with Crippen LogP contribution in [0.5, 0.6) is 5.75 Å². The summed E-state index contributed by atoms with van der Waals surface area (Å²) in [6.07, 6.45) is 0.417. The molecule has 6 heteroatoms. The minimum Gasteiger partial charge on any atom is -0.484 e. The van der Waals surface area contributed by atoms with E-state index < -0.39 is 0 Å². The van der Waals surface area contributed by atoms with Crippen molar-refractivity contribution in [3.63, 3.8) is 0 Å². The lowest BCUT2D eigenvalue weighted by molar-refractivity contribution is -0.118. The molecule has 0 saturated heterocycles. The van der Waals surface area contributed by atoms with E-state index in [0.717, 1.165) is 0 Å². The maximum absolute atomic E-state index is 11.8. The highest BCUT2D eigenvalue weighted by molar-refractivity contribution is 6.30. The molecule has 2 amide bonds. The van der Waals surface area contributed by atoms with E-state index in [-0.39, 0.29) is 18.4 Å². The largest absolute Gasteiger partial charge is 0.484 e. The second kappa shape index (κ2) is 8.19. The Morgan fingerprint density at radius 3 is 1.96 bits per heavy atom. The third-order valence-electron chi connectivity index (χ3n) is 2.96. The van der Waals surface area contributed by atoms with Gasteiger partial charge in [-0.2, -0.15) is 0 Å². The fraction of sp³-hybridized carbons (Fsp3) is 0.176. The van der Waals surface area contributed by atoms with Crippen LogP contribution in [0.15, 0.2) is 48.5 Å². The molecule has 0 saturated carbocycles. The number of carbonyl (C=O) groups is 2. The van der Waals surface area contributed by atoms with Crippen LogP contribution in [0.25, 0.3) is 0 Å². The van der Waals surface area contributed by atoms with E-state index in [4.69, 9.17) is 16.3 Å². The van der Waals surface area contributed by atoms with Crippen LogP contribution in [0, 0.1) is 0 Å². The third kappa shape index (κ3) is 5.64. The predicted molar refractivity (Wildman–Crippen MR) is 90.9 cm³/mol. The predicted octanol–water partition coefficient (Wildman–Crippen LogP) is 3.71. The highest BCUT2D eigenvalue weighted by Crippen LogP contribution is 2.16. The first-order valence-corrected chi connectivity index (χ1v) is 7.52. The molecular formula is C17H17ClN2O3. The van der Waals surface area contributed by atoms with Crippen molar-refractivity contribution in [3.05, 3.63) is 53.6 Å². The number of benzene rings is 2. The maximum Gasteiger partial charge on any atom is 0.262 e. The highest BCUT2D eigenvalue weighted by Gasteiger charge is 2.05. The fourth-order valence-corrected chi connectivity index (χ4v) is 1.89. The van der Waals surface area contributed by atoms with Crippen molar-refractivity contribution in [3.8, 4) is 5.75 Å². The Balaban J connectivity index is 1.82. The van der Waals surface area contributed by atoms with Crippen molar-refractivity contribution >= 4 is 34.8 Å². The van der Waals surface area contributed by atoms with Crippen molar-refractivity contribution in [2.24, 2.45) is 0 Å². The van der Waals surface area contributed by atoms with Crippen molar-refractivity contribution in [2.45, 2.75) is 13.3 Å². The van der Waals surface area contributed by atoms with Gasteiger partial charge in [0.25, 0.3) is 5.91 Å². The first kappa shape index (κ1) is 16.8. The molecule has 5 nitrogen and oxygen atoms in total. The molecule has 2 N–H and O–H groups in total. The molecule has 2 aromatic rings. The van der Waals surface area contributed by atoms with Gasteiger partial charge in [0.15, 0.2) is 6.61 Å². The SMILES string of the molecule is CCC(=O)Nc1ccc(NC(=O)COc2ccc(Cl)cc2)cc1. The minimum atomic E-state index is -0.273. The Kier molecular flexibility index (Phi) is 6.00. The van der Waals surface area contributed by atoms with E-state index in [1.54, 1.807) is 55.5 Å². The Labute approximate surface area is 139 Å². The Bertz CT molecular complexity index is 669. The van der Waals surface area contributed by atoms with E-state index in [1.165, 1.54) is 0 Å². The zero-order chi connectivity index (χ0) is 16.7. The molecule has 0 aromatic heterocycles. The molecule has 0 aliphatic carbocycles. The molecule has 0 radical (unpaired) electrons. The number of amides is 2. The molecule has 0 atom stereocenters. The minimum absolute atomic E-state index is 0.0573. The summed E-state index contributed by atoms with van der Waals surface area (Å²) >= 11 is 5.77. The summed E-state index contributed by atoms with van der Waals surface area (Å²) in [7, 11) is 0. The maximum atomic E-state index is 11.8. The fourth-order valence-electron chi connectivity index (χ4n) is 1.76. The van der Waals surface area contributed by atoms with E-state index >= 15 is 0 Å². The summed E-state index contributed by atoms with van der Waals surface area (Å²) in [5, 5.41) is 6.06. The smallest absolute Gasteiger partial charge is 0.262 e. The topological polar surface area (TPSA) is 67.4 Å². The Morgan fingerprint density at radius 2 is 1.43 bits per heavy atom. The molecule has 0 bridgehead atoms. The lowest BCUT2D eigenvalue weighted by Crippen LogP contribution is -2.20. The average Bonchev–Trinajstić information content (AvgIpc) is 2.56. The van der Waals surface area contributed by atoms with E-state index in [1.807, 2.05) is 0 Å². The molecule has 2 aromatic carbocycles. The van der Waals surface area contributed by atoms with Crippen molar-refractivity contribution in [1.29, 1.82) is 0 Å². The average molecular weight is 333 g/mol. The van der Waals surface area contributed by atoms with Gasteiger partial charge in [0.2, 0.25) is 5.91 Å². The lowest BCUT2D eigenvalue weighted by atomic mass is 10.2. The molecule has 0 aliphatic rings. The number of anilines is 2. The first-order valence-electron chi connectivity index (χ1n) is 7.15. The molecule has 120 valence electrons. The Hall–Kier alpha value is -2.53. The number of hydrogen-bond acceptors (Lipinski definition) is 3. The number of rotatable bonds is 6. The van der Waals surface area contributed by atoms with Gasteiger partial charge in [0.05, 0.1) is 0 Å². The van der Waals surface area contributed by atoms with Gasteiger partial charge in [-0.1, -0.05) is 18.5 Å². The molecule has 0 aliphatic heterocycles. The van der Waals surface area contributed by atoms with E-state index in [2.05, 4.69) is 10.6 Å². The third-order valence-corrected chi connectivity index (χ3v) is 3.21.